The fourth-order valence-corrected chi connectivity index (χ4v) is 2.42. The summed E-state index contributed by atoms with van der Waals surface area (Å²) in [6.45, 7) is 9.61. The lowest BCUT2D eigenvalue weighted by molar-refractivity contribution is 0.119. The van der Waals surface area contributed by atoms with E-state index in [1.54, 1.807) is 0 Å². The van der Waals surface area contributed by atoms with Crippen LogP contribution in [0.1, 0.15) is 37.9 Å². The molecular weight excluding hydrogens is 260 g/mol. The highest BCUT2D eigenvalue weighted by molar-refractivity contribution is 5.34. The van der Waals surface area contributed by atoms with Crippen molar-refractivity contribution >= 4 is 0 Å². The van der Waals surface area contributed by atoms with Crippen LogP contribution in [0.5, 0.6) is 0 Å². The van der Waals surface area contributed by atoms with Crippen LogP contribution >= 0.6 is 0 Å². The molecule has 2 aromatic heterocycles. The third-order valence-corrected chi connectivity index (χ3v) is 3.35. The summed E-state index contributed by atoms with van der Waals surface area (Å²) in [7, 11) is 0. The molecule has 0 saturated heterocycles. The van der Waals surface area contributed by atoms with E-state index in [2.05, 4.69) is 5.10 Å². The molecule has 2 rings (SSSR count). The summed E-state index contributed by atoms with van der Waals surface area (Å²) < 4.78 is 28.9. The van der Waals surface area contributed by atoms with E-state index in [0.717, 1.165) is 17.1 Å². The van der Waals surface area contributed by atoms with Crippen LogP contribution in [0, 0.1) is 13.8 Å². The van der Waals surface area contributed by atoms with Crippen molar-refractivity contribution in [3.05, 3.63) is 35.3 Å². The van der Waals surface area contributed by atoms with Crippen molar-refractivity contribution in [3.8, 4) is 5.82 Å². The van der Waals surface area contributed by atoms with E-state index < -0.39 is 6.43 Å². The lowest BCUT2D eigenvalue weighted by Crippen LogP contribution is -2.20. The Bertz CT molecular complexity index is 584. The van der Waals surface area contributed by atoms with Crippen molar-refractivity contribution in [2.24, 2.45) is 0 Å². The molecule has 0 radical (unpaired) electrons. The average molecular weight is 281 g/mol. The molecule has 0 bridgehead atoms. The molecule has 0 aliphatic carbocycles. The number of rotatable bonds is 3. The SMILES string of the molecule is Cc1ccc(C)n1-c1cc(C(C)(C)C)n(CC(F)F)n1. The van der Waals surface area contributed by atoms with E-state index in [-0.39, 0.29) is 12.0 Å². The molecule has 0 atom stereocenters. The van der Waals surface area contributed by atoms with Gasteiger partial charge in [-0.25, -0.2) is 8.78 Å². The number of aryl methyl sites for hydroxylation is 2. The second-order valence-electron chi connectivity index (χ2n) is 6.16. The van der Waals surface area contributed by atoms with Crippen LogP contribution in [0.25, 0.3) is 5.82 Å². The van der Waals surface area contributed by atoms with Gasteiger partial charge in [0.1, 0.15) is 6.54 Å². The molecule has 0 saturated carbocycles. The van der Waals surface area contributed by atoms with Gasteiger partial charge in [0.05, 0.1) is 0 Å². The van der Waals surface area contributed by atoms with Crippen LogP contribution in [0.4, 0.5) is 8.78 Å². The van der Waals surface area contributed by atoms with Crippen LogP contribution in [0.15, 0.2) is 18.2 Å². The van der Waals surface area contributed by atoms with Gasteiger partial charge in [0.15, 0.2) is 5.82 Å². The minimum Gasteiger partial charge on any atom is -0.302 e. The normalized spacial score (nSPS) is 12.4. The number of aromatic nitrogens is 3. The minimum atomic E-state index is -2.41. The second kappa shape index (κ2) is 5.04. The van der Waals surface area contributed by atoms with Gasteiger partial charge in [0, 0.05) is 28.6 Å². The summed E-state index contributed by atoms with van der Waals surface area (Å²) >= 11 is 0. The van der Waals surface area contributed by atoms with Crippen LogP contribution in [0.2, 0.25) is 0 Å². The van der Waals surface area contributed by atoms with Gasteiger partial charge in [0.2, 0.25) is 0 Å². The molecule has 0 amide bonds. The number of hydrogen-bond donors (Lipinski definition) is 0. The van der Waals surface area contributed by atoms with Crippen LogP contribution in [-0.2, 0) is 12.0 Å². The predicted molar refractivity (Wildman–Crippen MR) is 75.7 cm³/mol. The Morgan fingerprint density at radius 3 is 2.15 bits per heavy atom. The van der Waals surface area contributed by atoms with Gasteiger partial charge in [-0.15, -0.1) is 0 Å². The molecule has 0 N–H and O–H groups in total. The van der Waals surface area contributed by atoms with E-state index in [9.17, 15) is 8.78 Å². The number of halogens is 2. The fourth-order valence-electron chi connectivity index (χ4n) is 2.42. The smallest absolute Gasteiger partial charge is 0.257 e. The maximum absolute atomic E-state index is 12.7. The van der Waals surface area contributed by atoms with Crippen molar-refractivity contribution < 1.29 is 8.78 Å². The Kier molecular flexibility index (Phi) is 3.71. The molecule has 110 valence electrons. The first kappa shape index (κ1) is 14.8. The Morgan fingerprint density at radius 2 is 1.70 bits per heavy atom. The zero-order valence-corrected chi connectivity index (χ0v) is 12.6. The first-order chi connectivity index (χ1) is 9.20. The average Bonchev–Trinajstić information content (AvgIpc) is 2.81. The van der Waals surface area contributed by atoms with Crippen LogP contribution < -0.4 is 0 Å². The highest BCUT2D eigenvalue weighted by Gasteiger charge is 2.23. The van der Waals surface area contributed by atoms with Gasteiger partial charge in [-0.05, 0) is 26.0 Å². The standard InChI is InChI=1S/C15H21F2N3/c1-10-6-7-11(2)20(10)14-8-12(15(3,4)5)19(18-14)9-13(16)17/h6-8,13H,9H2,1-5H3. The number of nitrogens with zero attached hydrogens (tertiary/aromatic N) is 3. The van der Waals surface area contributed by atoms with Gasteiger partial charge in [0.25, 0.3) is 6.43 Å². The van der Waals surface area contributed by atoms with E-state index in [1.165, 1.54) is 4.68 Å². The lowest BCUT2D eigenvalue weighted by atomic mass is 9.92. The highest BCUT2D eigenvalue weighted by atomic mass is 19.3. The third-order valence-electron chi connectivity index (χ3n) is 3.35. The minimum absolute atomic E-state index is 0.227. The van der Waals surface area contributed by atoms with Crippen LogP contribution in [-0.4, -0.2) is 20.8 Å². The van der Waals surface area contributed by atoms with Gasteiger partial charge in [-0.1, -0.05) is 20.8 Å². The van der Waals surface area contributed by atoms with E-state index in [0.29, 0.717) is 5.82 Å². The van der Waals surface area contributed by atoms with Gasteiger partial charge in [-0.2, -0.15) is 5.10 Å². The van der Waals surface area contributed by atoms with Crippen molar-refractivity contribution in [2.45, 2.75) is 53.0 Å². The largest absolute Gasteiger partial charge is 0.302 e. The maximum atomic E-state index is 12.7. The molecule has 20 heavy (non-hydrogen) atoms. The summed E-state index contributed by atoms with van der Waals surface area (Å²) in [5.74, 6) is 0.704. The fraction of sp³-hybridized carbons (Fsp3) is 0.533. The Balaban J connectivity index is 2.55. The molecule has 0 spiro atoms. The Labute approximate surface area is 118 Å². The maximum Gasteiger partial charge on any atom is 0.257 e. The van der Waals surface area contributed by atoms with Gasteiger partial charge in [-0.3, -0.25) is 4.68 Å². The summed E-state index contributed by atoms with van der Waals surface area (Å²) in [5, 5.41) is 4.38. The molecule has 3 nitrogen and oxygen atoms in total. The van der Waals surface area contributed by atoms with Gasteiger partial charge >= 0.3 is 0 Å². The molecule has 2 aromatic rings. The Morgan fingerprint density at radius 1 is 1.15 bits per heavy atom. The van der Waals surface area contributed by atoms with Crippen molar-refractivity contribution in [2.75, 3.05) is 0 Å². The molecule has 2 heterocycles. The summed E-state index contributed by atoms with van der Waals surface area (Å²) in [6, 6.07) is 5.90. The van der Waals surface area contributed by atoms with Crippen molar-refractivity contribution in [1.82, 2.24) is 14.3 Å². The van der Waals surface area contributed by atoms with E-state index in [4.69, 9.17) is 0 Å². The zero-order valence-electron chi connectivity index (χ0n) is 12.6. The summed E-state index contributed by atoms with van der Waals surface area (Å²) in [6.07, 6.45) is -2.41. The molecule has 5 heteroatoms. The first-order valence-electron chi connectivity index (χ1n) is 6.72. The molecular formula is C15H21F2N3. The number of alkyl halides is 2. The number of hydrogen-bond acceptors (Lipinski definition) is 1. The first-order valence-corrected chi connectivity index (χ1v) is 6.72. The van der Waals surface area contributed by atoms with Crippen LogP contribution in [0.3, 0.4) is 0 Å². The van der Waals surface area contributed by atoms with Crippen molar-refractivity contribution in [3.63, 3.8) is 0 Å². The monoisotopic (exact) mass is 281 g/mol. The molecule has 0 aliphatic rings. The van der Waals surface area contributed by atoms with Gasteiger partial charge < -0.3 is 4.57 Å². The molecule has 0 aromatic carbocycles. The van der Waals surface area contributed by atoms with E-state index in [1.807, 2.05) is 57.4 Å². The predicted octanol–water partition coefficient (Wildman–Crippen LogP) is 3.85. The third kappa shape index (κ3) is 2.76. The molecule has 0 aliphatic heterocycles. The topological polar surface area (TPSA) is 22.8 Å². The van der Waals surface area contributed by atoms with E-state index >= 15 is 0 Å². The summed E-state index contributed by atoms with van der Waals surface area (Å²) in [5.41, 5.74) is 2.68. The Hall–Kier alpha value is -1.65. The molecule has 0 fully saturated rings. The lowest BCUT2D eigenvalue weighted by Gasteiger charge is -2.19. The van der Waals surface area contributed by atoms with Crippen molar-refractivity contribution in [1.29, 1.82) is 0 Å². The quantitative estimate of drug-likeness (QED) is 0.838. The summed E-state index contributed by atoms with van der Waals surface area (Å²) in [4.78, 5) is 0. The second-order valence-corrected chi connectivity index (χ2v) is 6.16. The highest BCUT2D eigenvalue weighted by Crippen LogP contribution is 2.26. The zero-order chi connectivity index (χ0) is 15.1. The molecule has 0 unspecified atom stereocenters.